The van der Waals surface area contributed by atoms with E-state index < -0.39 is 5.54 Å². The van der Waals surface area contributed by atoms with Crippen LogP contribution in [0.15, 0.2) is 0 Å². The number of rotatable bonds is 2. The molecule has 3 fully saturated rings. The van der Waals surface area contributed by atoms with Crippen molar-refractivity contribution < 1.29 is 9.53 Å². The van der Waals surface area contributed by atoms with Crippen LogP contribution in [0.2, 0.25) is 0 Å². The van der Waals surface area contributed by atoms with Gasteiger partial charge in [-0.15, -0.1) is 12.4 Å². The van der Waals surface area contributed by atoms with E-state index in [1.54, 1.807) is 0 Å². The average Bonchev–Trinajstić information content (AvgIpc) is 2.98. The fraction of sp³-hybridized carbons (Fsp3) is 0.929. The van der Waals surface area contributed by atoms with Crippen molar-refractivity contribution in [3.05, 3.63) is 0 Å². The van der Waals surface area contributed by atoms with Gasteiger partial charge in [0.1, 0.15) is 0 Å². The molecule has 5 heteroatoms. The van der Waals surface area contributed by atoms with E-state index in [9.17, 15) is 4.79 Å². The number of fused-ring (bicyclic) bond motifs is 1. The molecule has 1 heterocycles. The van der Waals surface area contributed by atoms with Gasteiger partial charge in [-0.05, 0) is 38.5 Å². The number of carbonyl (C=O) groups excluding carboxylic acids is 1. The summed E-state index contributed by atoms with van der Waals surface area (Å²) >= 11 is 0. The monoisotopic (exact) mass is 288 g/mol. The molecule has 19 heavy (non-hydrogen) atoms. The van der Waals surface area contributed by atoms with E-state index in [1.165, 1.54) is 0 Å². The van der Waals surface area contributed by atoms with Crippen molar-refractivity contribution in [1.82, 2.24) is 5.32 Å². The van der Waals surface area contributed by atoms with Gasteiger partial charge in [0.2, 0.25) is 5.91 Å². The molecule has 0 radical (unpaired) electrons. The van der Waals surface area contributed by atoms with E-state index in [2.05, 4.69) is 5.32 Å². The number of hydrogen-bond acceptors (Lipinski definition) is 3. The Balaban J connectivity index is 0.00000133. The summed E-state index contributed by atoms with van der Waals surface area (Å²) < 4.78 is 5.74. The largest absolute Gasteiger partial charge is 0.378 e. The van der Waals surface area contributed by atoms with Gasteiger partial charge in [-0.25, -0.2) is 0 Å². The van der Waals surface area contributed by atoms with Gasteiger partial charge in [-0.1, -0.05) is 12.8 Å². The molecule has 3 aliphatic rings. The summed E-state index contributed by atoms with van der Waals surface area (Å²) in [6, 6.07) is 0.291. The SMILES string of the molecule is Cl.NC1(C(=O)NC2CCCC3OCCC23)CCCC1. The van der Waals surface area contributed by atoms with Crippen molar-refractivity contribution in [3.63, 3.8) is 0 Å². The van der Waals surface area contributed by atoms with E-state index in [0.717, 1.165) is 58.0 Å². The molecule has 0 aromatic carbocycles. The van der Waals surface area contributed by atoms with Crippen LogP contribution in [0.3, 0.4) is 0 Å². The average molecular weight is 289 g/mol. The Labute approximate surface area is 121 Å². The standard InChI is InChI=1S/C14H24N2O2.ClH/c15-14(7-1-2-8-14)13(17)16-11-4-3-5-12-10(11)6-9-18-12;/h10-12H,1-9,15H2,(H,16,17);1H. The molecule has 0 aromatic heterocycles. The Bertz CT molecular complexity index is 331. The Kier molecular flexibility index (Phi) is 4.75. The third-order valence-corrected chi connectivity index (χ3v) is 5.05. The molecule has 0 bridgehead atoms. The molecule has 2 saturated carbocycles. The highest BCUT2D eigenvalue weighted by molar-refractivity contribution is 5.86. The number of amides is 1. The normalized spacial score (nSPS) is 36.4. The van der Waals surface area contributed by atoms with Crippen LogP contribution in [-0.2, 0) is 9.53 Å². The zero-order valence-corrected chi connectivity index (χ0v) is 12.2. The lowest BCUT2D eigenvalue weighted by Gasteiger charge is -2.35. The molecule has 1 amide bonds. The van der Waals surface area contributed by atoms with Crippen LogP contribution < -0.4 is 11.1 Å². The molecular formula is C14H25ClN2O2. The summed E-state index contributed by atoms with van der Waals surface area (Å²) in [6.45, 7) is 0.857. The van der Waals surface area contributed by atoms with Crippen LogP contribution in [0, 0.1) is 5.92 Å². The van der Waals surface area contributed by atoms with Gasteiger partial charge in [0.05, 0.1) is 11.6 Å². The van der Waals surface area contributed by atoms with Gasteiger partial charge in [0.25, 0.3) is 0 Å². The van der Waals surface area contributed by atoms with Crippen molar-refractivity contribution in [2.45, 2.75) is 69.1 Å². The lowest BCUT2D eigenvalue weighted by Crippen LogP contribution is -2.57. The summed E-state index contributed by atoms with van der Waals surface area (Å²) in [4.78, 5) is 12.3. The molecule has 3 unspecified atom stereocenters. The maximum atomic E-state index is 12.3. The molecule has 3 N–H and O–H groups in total. The summed E-state index contributed by atoms with van der Waals surface area (Å²) in [7, 11) is 0. The van der Waals surface area contributed by atoms with Gasteiger partial charge in [0.15, 0.2) is 0 Å². The third kappa shape index (κ3) is 2.91. The van der Waals surface area contributed by atoms with Crippen molar-refractivity contribution in [3.8, 4) is 0 Å². The molecule has 3 atom stereocenters. The third-order valence-electron chi connectivity index (χ3n) is 5.05. The van der Waals surface area contributed by atoms with Gasteiger partial charge >= 0.3 is 0 Å². The van der Waals surface area contributed by atoms with Crippen LogP contribution >= 0.6 is 12.4 Å². The van der Waals surface area contributed by atoms with Crippen LogP contribution in [-0.4, -0.2) is 30.2 Å². The lowest BCUT2D eigenvalue weighted by molar-refractivity contribution is -0.127. The fourth-order valence-corrected chi connectivity index (χ4v) is 3.90. The molecule has 2 aliphatic carbocycles. The van der Waals surface area contributed by atoms with Gasteiger partial charge in [-0.2, -0.15) is 0 Å². The maximum Gasteiger partial charge on any atom is 0.240 e. The first kappa shape index (κ1) is 15.1. The minimum Gasteiger partial charge on any atom is -0.378 e. The highest BCUT2D eigenvalue weighted by Gasteiger charge is 2.42. The lowest BCUT2D eigenvalue weighted by atomic mass is 9.81. The smallest absolute Gasteiger partial charge is 0.240 e. The van der Waals surface area contributed by atoms with Crippen LogP contribution in [0.4, 0.5) is 0 Å². The second kappa shape index (κ2) is 5.98. The summed E-state index contributed by atoms with van der Waals surface area (Å²) in [5.74, 6) is 0.602. The van der Waals surface area contributed by atoms with E-state index in [0.29, 0.717) is 18.1 Å². The maximum absolute atomic E-state index is 12.3. The number of nitrogens with one attached hydrogen (secondary N) is 1. The number of carbonyl (C=O) groups is 1. The topological polar surface area (TPSA) is 64.4 Å². The highest BCUT2D eigenvalue weighted by Crippen LogP contribution is 2.35. The Hall–Kier alpha value is -0.320. The summed E-state index contributed by atoms with van der Waals surface area (Å²) in [5, 5.41) is 3.23. The molecule has 3 rings (SSSR count). The molecule has 4 nitrogen and oxygen atoms in total. The van der Waals surface area contributed by atoms with Crippen molar-refractivity contribution >= 4 is 18.3 Å². The number of nitrogens with two attached hydrogens (primary N) is 1. The quantitative estimate of drug-likeness (QED) is 0.814. The number of halogens is 1. The van der Waals surface area contributed by atoms with Crippen LogP contribution in [0.25, 0.3) is 0 Å². The van der Waals surface area contributed by atoms with Gasteiger partial charge in [-0.3, -0.25) is 4.79 Å². The van der Waals surface area contributed by atoms with E-state index in [4.69, 9.17) is 10.5 Å². The molecular weight excluding hydrogens is 264 g/mol. The Morgan fingerprint density at radius 2 is 1.89 bits per heavy atom. The first-order valence-corrected chi connectivity index (χ1v) is 7.40. The van der Waals surface area contributed by atoms with E-state index in [-0.39, 0.29) is 18.3 Å². The second-order valence-corrected chi connectivity index (χ2v) is 6.24. The summed E-state index contributed by atoms with van der Waals surface area (Å²) in [6.07, 6.45) is 8.73. The second-order valence-electron chi connectivity index (χ2n) is 6.24. The Morgan fingerprint density at radius 1 is 1.16 bits per heavy atom. The first-order chi connectivity index (χ1) is 8.69. The van der Waals surface area contributed by atoms with Gasteiger partial charge in [0, 0.05) is 18.6 Å². The molecule has 0 spiro atoms. The van der Waals surface area contributed by atoms with E-state index in [1.807, 2.05) is 0 Å². The summed E-state index contributed by atoms with van der Waals surface area (Å²) in [5.41, 5.74) is 5.62. The molecule has 0 aromatic rings. The van der Waals surface area contributed by atoms with Crippen molar-refractivity contribution in [1.29, 1.82) is 0 Å². The van der Waals surface area contributed by atoms with Crippen LogP contribution in [0.5, 0.6) is 0 Å². The molecule has 1 saturated heterocycles. The predicted molar refractivity (Wildman–Crippen MR) is 76.3 cm³/mol. The van der Waals surface area contributed by atoms with Crippen LogP contribution in [0.1, 0.15) is 51.4 Å². The van der Waals surface area contributed by atoms with E-state index >= 15 is 0 Å². The minimum absolute atomic E-state index is 0. The molecule has 1 aliphatic heterocycles. The first-order valence-electron chi connectivity index (χ1n) is 7.40. The van der Waals surface area contributed by atoms with Crippen molar-refractivity contribution in [2.75, 3.05) is 6.61 Å². The minimum atomic E-state index is -0.591. The zero-order valence-electron chi connectivity index (χ0n) is 11.4. The Morgan fingerprint density at radius 3 is 2.63 bits per heavy atom. The number of ether oxygens (including phenoxy) is 1. The predicted octanol–water partition coefficient (Wildman–Crippen LogP) is 1.75. The number of hydrogen-bond donors (Lipinski definition) is 2. The zero-order chi connectivity index (χ0) is 12.6. The van der Waals surface area contributed by atoms with Gasteiger partial charge < -0.3 is 15.8 Å². The highest BCUT2D eigenvalue weighted by atomic mass is 35.5. The van der Waals surface area contributed by atoms with Crippen molar-refractivity contribution in [2.24, 2.45) is 11.7 Å². The molecule has 110 valence electrons. The fourth-order valence-electron chi connectivity index (χ4n) is 3.90.